The Morgan fingerprint density at radius 1 is 1.47 bits per heavy atom. The monoisotopic (exact) mass is 249 g/mol. The van der Waals surface area contributed by atoms with E-state index < -0.39 is 0 Å². The minimum absolute atomic E-state index is 0.250. The molecule has 1 heterocycles. The van der Waals surface area contributed by atoms with Gasteiger partial charge in [-0.05, 0) is 18.1 Å². The number of hydrogen-bond donors (Lipinski definition) is 0. The highest BCUT2D eigenvalue weighted by atomic mass is 32.2. The van der Waals surface area contributed by atoms with Gasteiger partial charge in [-0.25, -0.2) is 0 Å². The number of anilines is 1. The molecule has 0 spiro atoms. The molecule has 1 aromatic carbocycles. The summed E-state index contributed by atoms with van der Waals surface area (Å²) in [5.74, 6) is 0.666. The number of hydrogen-bond acceptors (Lipinski definition) is 2. The van der Waals surface area contributed by atoms with E-state index in [0.29, 0.717) is 17.6 Å². The Bertz CT molecular complexity index is 416. The maximum Gasteiger partial charge on any atom is 0.227 e. The lowest BCUT2D eigenvalue weighted by atomic mass is 10.1. The largest absolute Gasteiger partial charge is 0.310 e. The van der Waals surface area contributed by atoms with Gasteiger partial charge in [0.2, 0.25) is 5.91 Å². The van der Waals surface area contributed by atoms with Crippen LogP contribution in [0.4, 0.5) is 5.69 Å². The van der Waals surface area contributed by atoms with E-state index in [2.05, 4.69) is 26.8 Å². The third-order valence-electron chi connectivity index (χ3n) is 2.81. The summed E-state index contributed by atoms with van der Waals surface area (Å²) in [6, 6.07) is 8.19. The SMILES string of the molecule is CC(C)CC(=O)N1CC(C)Sc2ccccc21. The normalized spacial score (nSPS) is 19.3. The van der Waals surface area contributed by atoms with Crippen molar-refractivity contribution in [2.75, 3.05) is 11.4 Å². The highest BCUT2D eigenvalue weighted by molar-refractivity contribution is 8.00. The first-order valence-corrected chi connectivity index (χ1v) is 7.02. The summed E-state index contributed by atoms with van der Waals surface area (Å²) < 4.78 is 0. The number of rotatable bonds is 2. The third-order valence-corrected chi connectivity index (χ3v) is 3.96. The van der Waals surface area contributed by atoms with Crippen LogP contribution in [0.2, 0.25) is 0 Å². The van der Waals surface area contributed by atoms with E-state index >= 15 is 0 Å². The fourth-order valence-corrected chi connectivity index (χ4v) is 3.20. The molecule has 0 saturated carbocycles. The lowest BCUT2D eigenvalue weighted by Crippen LogP contribution is -2.38. The van der Waals surface area contributed by atoms with Gasteiger partial charge < -0.3 is 4.90 Å². The summed E-state index contributed by atoms with van der Waals surface area (Å²) in [4.78, 5) is 15.4. The van der Waals surface area contributed by atoms with Crippen LogP contribution < -0.4 is 4.90 Å². The van der Waals surface area contributed by atoms with E-state index in [9.17, 15) is 4.79 Å². The Labute approximate surface area is 107 Å². The molecular formula is C14H19NOS. The number of amides is 1. The third kappa shape index (κ3) is 2.83. The molecule has 0 aromatic heterocycles. The first kappa shape index (κ1) is 12.5. The molecule has 1 aliphatic rings. The average molecular weight is 249 g/mol. The van der Waals surface area contributed by atoms with Gasteiger partial charge in [0, 0.05) is 23.1 Å². The lowest BCUT2D eigenvalue weighted by Gasteiger charge is -2.33. The van der Waals surface area contributed by atoms with Crippen LogP contribution in [0.25, 0.3) is 0 Å². The molecule has 0 N–H and O–H groups in total. The number of carbonyl (C=O) groups excluding carboxylic acids is 1. The fourth-order valence-electron chi connectivity index (χ4n) is 2.08. The highest BCUT2D eigenvalue weighted by Gasteiger charge is 2.26. The van der Waals surface area contributed by atoms with Gasteiger partial charge in [0.25, 0.3) is 0 Å². The van der Waals surface area contributed by atoms with Crippen molar-refractivity contribution < 1.29 is 4.79 Å². The van der Waals surface area contributed by atoms with Crippen LogP contribution >= 0.6 is 11.8 Å². The second kappa shape index (κ2) is 5.13. The van der Waals surface area contributed by atoms with Crippen molar-refractivity contribution in [1.82, 2.24) is 0 Å². The highest BCUT2D eigenvalue weighted by Crippen LogP contribution is 2.38. The number of benzene rings is 1. The zero-order chi connectivity index (χ0) is 12.4. The smallest absolute Gasteiger partial charge is 0.227 e. The maximum absolute atomic E-state index is 12.2. The average Bonchev–Trinajstić information content (AvgIpc) is 2.26. The zero-order valence-electron chi connectivity index (χ0n) is 10.6. The number of thioether (sulfide) groups is 1. The van der Waals surface area contributed by atoms with Crippen LogP contribution in [0.15, 0.2) is 29.2 Å². The van der Waals surface area contributed by atoms with Crippen molar-refractivity contribution in [1.29, 1.82) is 0 Å². The Kier molecular flexibility index (Phi) is 3.77. The van der Waals surface area contributed by atoms with Crippen LogP contribution in [0.1, 0.15) is 27.2 Å². The standard InChI is InChI=1S/C14H19NOS/c1-10(2)8-14(16)15-9-11(3)17-13-7-5-4-6-12(13)15/h4-7,10-11H,8-9H2,1-3H3. The number of fused-ring (bicyclic) bond motifs is 1. The van der Waals surface area contributed by atoms with Crippen molar-refractivity contribution in [3.05, 3.63) is 24.3 Å². The molecule has 0 saturated heterocycles. The van der Waals surface area contributed by atoms with Gasteiger partial charge in [-0.15, -0.1) is 11.8 Å². The summed E-state index contributed by atoms with van der Waals surface area (Å²) in [5, 5.41) is 0.473. The van der Waals surface area contributed by atoms with Crippen LogP contribution in [0.5, 0.6) is 0 Å². The molecular weight excluding hydrogens is 230 g/mol. The summed E-state index contributed by atoms with van der Waals surface area (Å²) >= 11 is 1.86. The van der Waals surface area contributed by atoms with E-state index in [4.69, 9.17) is 0 Å². The molecule has 1 atom stereocenters. The molecule has 92 valence electrons. The molecule has 0 fully saturated rings. The van der Waals surface area contributed by atoms with E-state index in [-0.39, 0.29) is 5.91 Å². The van der Waals surface area contributed by atoms with Crippen molar-refractivity contribution >= 4 is 23.4 Å². The fraction of sp³-hybridized carbons (Fsp3) is 0.500. The lowest BCUT2D eigenvalue weighted by molar-refractivity contribution is -0.119. The molecule has 0 bridgehead atoms. The quantitative estimate of drug-likeness (QED) is 0.798. The van der Waals surface area contributed by atoms with E-state index in [1.807, 2.05) is 34.9 Å². The summed E-state index contributed by atoms with van der Waals surface area (Å²) in [6.07, 6.45) is 0.631. The van der Waals surface area contributed by atoms with Gasteiger partial charge in [0.05, 0.1) is 5.69 Å². The van der Waals surface area contributed by atoms with Crippen molar-refractivity contribution in [2.24, 2.45) is 5.92 Å². The summed E-state index contributed by atoms with van der Waals surface area (Å²) in [5.41, 5.74) is 1.08. The Balaban J connectivity index is 2.26. The second-order valence-corrected chi connectivity index (χ2v) is 6.48. The van der Waals surface area contributed by atoms with Crippen LogP contribution in [0.3, 0.4) is 0 Å². The minimum Gasteiger partial charge on any atom is -0.310 e. The molecule has 0 aliphatic carbocycles. The van der Waals surface area contributed by atoms with Crippen LogP contribution in [-0.2, 0) is 4.79 Å². The first-order valence-electron chi connectivity index (χ1n) is 6.14. The van der Waals surface area contributed by atoms with Gasteiger partial charge >= 0.3 is 0 Å². The van der Waals surface area contributed by atoms with Crippen LogP contribution in [-0.4, -0.2) is 17.7 Å². The number of para-hydroxylation sites is 1. The summed E-state index contributed by atoms with van der Waals surface area (Å²) in [6.45, 7) is 7.18. The molecule has 2 nitrogen and oxygen atoms in total. The van der Waals surface area contributed by atoms with Crippen molar-refractivity contribution in [3.8, 4) is 0 Å². The van der Waals surface area contributed by atoms with E-state index in [0.717, 1.165) is 12.2 Å². The molecule has 3 heteroatoms. The molecule has 0 radical (unpaired) electrons. The van der Waals surface area contributed by atoms with Gasteiger partial charge in [-0.2, -0.15) is 0 Å². The second-order valence-electron chi connectivity index (χ2n) is 5.00. The Morgan fingerprint density at radius 3 is 2.88 bits per heavy atom. The van der Waals surface area contributed by atoms with Crippen LogP contribution in [0, 0.1) is 5.92 Å². The number of carbonyl (C=O) groups is 1. The van der Waals surface area contributed by atoms with E-state index in [1.54, 1.807) is 0 Å². The first-order chi connectivity index (χ1) is 8.08. The topological polar surface area (TPSA) is 20.3 Å². The Morgan fingerprint density at radius 2 is 2.18 bits per heavy atom. The van der Waals surface area contributed by atoms with Gasteiger partial charge in [-0.1, -0.05) is 32.9 Å². The van der Waals surface area contributed by atoms with Crippen molar-refractivity contribution in [2.45, 2.75) is 37.3 Å². The van der Waals surface area contributed by atoms with E-state index in [1.165, 1.54) is 4.90 Å². The predicted molar refractivity (Wildman–Crippen MR) is 73.6 cm³/mol. The molecule has 1 unspecified atom stereocenters. The van der Waals surface area contributed by atoms with Gasteiger partial charge in [-0.3, -0.25) is 4.79 Å². The van der Waals surface area contributed by atoms with Gasteiger partial charge in [0.1, 0.15) is 0 Å². The molecule has 1 aliphatic heterocycles. The summed E-state index contributed by atoms with van der Waals surface area (Å²) in [7, 11) is 0. The minimum atomic E-state index is 0.250. The maximum atomic E-state index is 12.2. The van der Waals surface area contributed by atoms with Gasteiger partial charge in [0.15, 0.2) is 0 Å². The molecule has 1 aromatic rings. The molecule has 17 heavy (non-hydrogen) atoms. The molecule has 2 rings (SSSR count). The van der Waals surface area contributed by atoms with Crippen molar-refractivity contribution in [3.63, 3.8) is 0 Å². The molecule has 1 amide bonds. The predicted octanol–water partition coefficient (Wildman–Crippen LogP) is 3.56. The number of nitrogens with zero attached hydrogens (tertiary/aromatic N) is 1. The Hall–Kier alpha value is -0.960. The zero-order valence-corrected chi connectivity index (χ0v) is 11.5.